The molecule has 0 spiro atoms. The monoisotopic (exact) mass is 284 g/mol. The predicted octanol–water partition coefficient (Wildman–Crippen LogP) is 1.54. The Hall–Kier alpha value is -1.24. The number of Topliss-reactive ketones (excluding diaryl/α,β-unsaturated/α-hetero) is 1. The quantitative estimate of drug-likeness (QED) is 0.777. The fourth-order valence-electron chi connectivity index (χ4n) is 1.65. The molecule has 6 heteroatoms. The van der Waals surface area contributed by atoms with Crippen LogP contribution in [0.5, 0.6) is 0 Å². The minimum absolute atomic E-state index is 0.00738. The molecule has 0 bridgehead atoms. The number of hydrogen-bond acceptors (Lipinski definition) is 4. The van der Waals surface area contributed by atoms with Crippen molar-refractivity contribution in [1.29, 1.82) is 0 Å². The zero-order valence-corrected chi connectivity index (χ0v) is 12.5. The number of hydrogen-bond donors (Lipinski definition) is 2. The van der Waals surface area contributed by atoms with E-state index in [9.17, 15) is 13.2 Å². The molecule has 0 aromatic heterocycles. The summed E-state index contributed by atoms with van der Waals surface area (Å²) >= 11 is 0. The average Bonchev–Trinajstić information content (AvgIpc) is 2.26. The molecule has 0 amide bonds. The molecule has 0 atom stereocenters. The van der Waals surface area contributed by atoms with E-state index in [1.54, 1.807) is 26.0 Å². The summed E-state index contributed by atoms with van der Waals surface area (Å²) in [6, 6.07) is 6.54. The van der Waals surface area contributed by atoms with Gasteiger partial charge in [-0.25, -0.2) is 13.8 Å². The van der Waals surface area contributed by atoms with Crippen LogP contribution in [-0.4, -0.2) is 19.7 Å². The molecule has 106 valence electrons. The van der Waals surface area contributed by atoms with Crippen LogP contribution in [0.25, 0.3) is 0 Å². The van der Waals surface area contributed by atoms with Gasteiger partial charge in [0.1, 0.15) is 5.78 Å². The standard InChI is InChI=1S/C13H20N2O3S/c1-10-5-7-12(8-6-10)19(17,18)15-14-13(3,4)9-11(2)16/h5-8,14-15H,9H2,1-4H3. The number of benzene rings is 1. The van der Waals surface area contributed by atoms with Crippen LogP contribution in [0, 0.1) is 6.92 Å². The van der Waals surface area contributed by atoms with Crippen LogP contribution in [0.1, 0.15) is 32.8 Å². The number of carbonyl (C=O) groups is 1. The summed E-state index contributed by atoms with van der Waals surface area (Å²) in [4.78, 5) is 13.6. The highest BCUT2D eigenvalue weighted by molar-refractivity contribution is 7.89. The van der Waals surface area contributed by atoms with Crippen molar-refractivity contribution in [1.82, 2.24) is 10.3 Å². The topological polar surface area (TPSA) is 75.3 Å². The first-order valence-electron chi connectivity index (χ1n) is 5.97. The Bertz CT molecular complexity index is 548. The van der Waals surface area contributed by atoms with E-state index in [0.29, 0.717) is 0 Å². The zero-order chi connectivity index (χ0) is 14.7. The first kappa shape index (κ1) is 15.8. The third kappa shape index (κ3) is 5.10. The minimum atomic E-state index is -3.62. The van der Waals surface area contributed by atoms with Gasteiger partial charge in [0.25, 0.3) is 10.0 Å². The number of carbonyl (C=O) groups excluding carboxylic acids is 1. The average molecular weight is 284 g/mol. The maximum absolute atomic E-state index is 12.0. The molecule has 0 radical (unpaired) electrons. The molecule has 0 heterocycles. The van der Waals surface area contributed by atoms with Gasteiger partial charge in [-0.05, 0) is 39.8 Å². The molecule has 0 saturated carbocycles. The lowest BCUT2D eigenvalue weighted by molar-refractivity contribution is -0.118. The normalized spacial score (nSPS) is 12.4. The van der Waals surface area contributed by atoms with Crippen LogP contribution in [0.3, 0.4) is 0 Å². The Kier molecular flexibility index (Phi) is 4.84. The molecule has 2 N–H and O–H groups in total. The third-order valence-corrected chi connectivity index (χ3v) is 3.81. The van der Waals surface area contributed by atoms with Gasteiger partial charge in [0.2, 0.25) is 0 Å². The molecule has 1 aromatic rings. The van der Waals surface area contributed by atoms with Crippen molar-refractivity contribution in [3.05, 3.63) is 29.8 Å². The zero-order valence-electron chi connectivity index (χ0n) is 11.6. The molecule has 1 rings (SSSR count). The molecule has 0 saturated heterocycles. The Labute approximate surface area is 114 Å². The van der Waals surface area contributed by atoms with Crippen molar-refractivity contribution in [2.45, 2.75) is 44.6 Å². The molecule has 19 heavy (non-hydrogen) atoms. The lowest BCUT2D eigenvalue weighted by atomic mass is 10.00. The Morgan fingerprint density at radius 1 is 1.21 bits per heavy atom. The second-order valence-electron chi connectivity index (χ2n) is 5.31. The predicted molar refractivity (Wildman–Crippen MR) is 74.0 cm³/mol. The number of rotatable bonds is 6. The number of aryl methyl sites for hydroxylation is 1. The van der Waals surface area contributed by atoms with Crippen LogP contribution in [-0.2, 0) is 14.8 Å². The third-order valence-electron chi connectivity index (χ3n) is 2.55. The fraction of sp³-hybridized carbons (Fsp3) is 0.462. The summed E-state index contributed by atoms with van der Waals surface area (Å²) in [5.74, 6) is -0.00738. The first-order chi connectivity index (χ1) is 8.62. The SMILES string of the molecule is CC(=O)CC(C)(C)NNS(=O)(=O)c1ccc(C)cc1. The van der Waals surface area contributed by atoms with Crippen LogP contribution in [0.2, 0.25) is 0 Å². The van der Waals surface area contributed by atoms with Crippen LogP contribution < -0.4 is 10.3 Å². The Balaban J connectivity index is 2.76. The van der Waals surface area contributed by atoms with Gasteiger partial charge in [-0.15, -0.1) is 4.83 Å². The maximum atomic E-state index is 12.0. The van der Waals surface area contributed by atoms with Gasteiger partial charge in [-0.3, -0.25) is 4.79 Å². The smallest absolute Gasteiger partial charge is 0.253 e. The lowest BCUT2D eigenvalue weighted by Gasteiger charge is -2.25. The molecule has 0 aliphatic heterocycles. The molecule has 0 unspecified atom stereocenters. The van der Waals surface area contributed by atoms with Crippen molar-refractivity contribution >= 4 is 15.8 Å². The van der Waals surface area contributed by atoms with Crippen LogP contribution >= 0.6 is 0 Å². The van der Waals surface area contributed by atoms with Crippen molar-refractivity contribution in [2.75, 3.05) is 0 Å². The van der Waals surface area contributed by atoms with Gasteiger partial charge in [-0.2, -0.15) is 0 Å². The van der Waals surface area contributed by atoms with Gasteiger partial charge in [-0.1, -0.05) is 17.7 Å². The van der Waals surface area contributed by atoms with E-state index >= 15 is 0 Å². The van der Waals surface area contributed by atoms with E-state index in [4.69, 9.17) is 0 Å². The van der Waals surface area contributed by atoms with Crippen molar-refractivity contribution < 1.29 is 13.2 Å². The van der Waals surface area contributed by atoms with Crippen LogP contribution in [0.15, 0.2) is 29.2 Å². The van der Waals surface area contributed by atoms with E-state index in [-0.39, 0.29) is 17.1 Å². The number of hydrazine groups is 1. The van der Waals surface area contributed by atoms with Gasteiger partial charge >= 0.3 is 0 Å². The number of ketones is 1. The summed E-state index contributed by atoms with van der Waals surface area (Å²) in [7, 11) is -3.62. The Morgan fingerprint density at radius 3 is 2.21 bits per heavy atom. The number of nitrogens with one attached hydrogen (secondary N) is 2. The van der Waals surface area contributed by atoms with Gasteiger partial charge in [0.05, 0.1) is 4.90 Å². The molecule has 0 fully saturated rings. The highest BCUT2D eigenvalue weighted by Crippen LogP contribution is 2.11. The van der Waals surface area contributed by atoms with Gasteiger partial charge in [0, 0.05) is 12.0 Å². The highest BCUT2D eigenvalue weighted by atomic mass is 32.2. The molecule has 1 aromatic carbocycles. The molecule has 0 aliphatic carbocycles. The second kappa shape index (κ2) is 5.81. The molecule has 5 nitrogen and oxygen atoms in total. The molecular weight excluding hydrogens is 264 g/mol. The maximum Gasteiger partial charge on any atom is 0.253 e. The van der Waals surface area contributed by atoms with E-state index < -0.39 is 15.6 Å². The van der Waals surface area contributed by atoms with Crippen molar-refractivity contribution in [3.8, 4) is 0 Å². The highest BCUT2D eigenvalue weighted by Gasteiger charge is 2.22. The lowest BCUT2D eigenvalue weighted by Crippen LogP contribution is -2.51. The first-order valence-corrected chi connectivity index (χ1v) is 7.46. The summed E-state index contributed by atoms with van der Waals surface area (Å²) in [5, 5.41) is 0. The van der Waals surface area contributed by atoms with Crippen LogP contribution in [0.4, 0.5) is 0 Å². The summed E-state index contributed by atoms with van der Waals surface area (Å²) in [6.07, 6.45) is 0.240. The number of sulfonamides is 1. The van der Waals surface area contributed by atoms with Gasteiger partial charge < -0.3 is 0 Å². The van der Waals surface area contributed by atoms with E-state index in [1.165, 1.54) is 19.1 Å². The van der Waals surface area contributed by atoms with E-state index in [1.807, 2.05) is 6.92 Å². The Morgan fingerprint density at radius 2 is 1.74 bits per heavy atom. The summed E-state index contributed by atoms with van der Waals surface area (Å²) < 4.78 is 24.0. The minimum Gasteiger partial charge on any atom is -0.300 e. The van der Waals surface area contributed by atoms with Crippen molar-refractivity contribution in [2.24, 2.45) is 0 Å². The van der Waals surface area contributed by atoms with Gasteiger partial charge in [0.15, 0.2) is 0 Å². The second-order valence-corrected chi connectivity index (χ2v) is 6.99. The molecule has 0 aliphatic rings. The van der Waals surface area contributed by atoms with Crippen molar-refractivity contribution in [3.63, 3.8) is 0 Å². The summed E-state index contributed by atoms with van der Waals surface area (Å²) in [6.45, 7) is 6.87. The fourth-order valence-corrected chi connectivity index (χ4v) is 2.67. The van der Waals surface area contributed by atoms with E-state index in [0.717, 1.165) is 5.56 Å². The largest absolute Gasteiger partial charge is 0.300 e. The summed E-state index contributed by atoms with van der Waals surface area (Å²) in [5.41, 5.74) is 3.04. The molecular formula is C13H20N2O3S. The van der Waals surface area contributed by atoms with E-state index in [2.05, 4.69) is 10.3 Å².